The average molecular weight is 252 g/mol. The van der Waals surface area contributed by atoms with Gasteiger partial charge in [0.05, 0.1) is 11.9 Å². The minimum absolute atomic E-state index is 0. The van der Waals surface area contributed by atoms with E-state index in [1.807, 2.05) is 38.2 Å². The van der Waals surface area contributed by atoms with Gasteiger partial charge in [-0.05, 0) is 19.4 Å². The second kappa shape index (κ2) is 5.34. The third kappa shape index (κ3) is 3.88. The van der Waals surface area contributed by atoms with Gasteiger partial charge < -0.3 is 10.7 Å². The molecule has 0 bridgehead atoms. The van der Waals surface area contributed by atoms with Gasteiger partial charge in [-0.1, -0.05) is 30.3 Å². The van der Waals surface area contributed by atoms with Crippen LogP contribution in [0.15, 0.2) is 36.5 Å². The molecule has 2 aromatic rings. The third-order valence-corrected chi connectivity index (χ3v) is 2.34. The highest BCUT2D eigenvalue weighted by Gasteiger charge is 2.14. The molecule has 0 unspecified atom stereocenters. The van der Waals surface area contributed by atoms with Crippen LogP contribution in [-0.4, -0.2) is 15.5 Å². The van der Waals surface area contributed by atoms with E-state index in [4.69, 9.17) is 5.73 Å². The molecular formula is C13H18ClN3. The Labute approximate surface area is 108 Å². The number of hydrogen-bond acceptors (Lipinski definition) is 2. The first-order valence-electron chi connectivity index (χ1n) is 5.43. The number of nitrogens with zero attached hydrogens (tertiary/aromatic N) is 1. The van der Waals surface area contributed by atoms with Crippen LogP contribution in [-0.2, 0) is 6.42 Å². The Morgan fingerprint density at radius 2 is 1.88 bits per heavy atom. The lowest BCUT2D eigenvalue weighted by Crippen LogP contribution is -2.34. The molecule has 2 rings (SSSR count). The molecule has 1 aromatic carbocycles. The number of halogens is 1. The Morgan fingerprint density at radius 1 is 1.24 bits per heavy atom. The van der Waals surface area contributed by atoms with E-state index in [2.05, 4.69) is 22.1 Å². The minimum Gasteiger partial charge on any atom is -0.342 e. The summed E-state index contributed by atoms with van der Waals surface area (Å²) in [7, 11) is 0. The molecule has 92 valence electrons. The molecule has 0 aliphatic heterocycles. The highest BCUT2D eigenvalue weighted by atomic mass is 35.5. The van der Waals surface area contributed by atoms with Crippen molar-refractivity contribution in [1.29, 1.82) is 0 Å². The second-order valence-electron chi connectivity index (χ2n) is 4.77. The van der Waals surface area contributed by atoms with Crippen molar-refractivity contribution in [3.05, 3.63) is 42.4 Å². The first-order valence-corrected chi connectivity index (χ1v) is 5.43. The summed E-state index contributed by atoms with van der Waals surface area (Å²) in [6.07, 6.45) is 2.61. The van der Waals surface area contributed by atoms with Crippen molar-refractivity contribution in [3.63, 3.8) is 0 Å². The summed E-state index contributed by atoms with van der Waals surface area (Å²) >= 11 is 0. The molecule has 0 fully saturated rings. The molecule has 1 aromatic heterocycles. The monoisotopic (exact) mass is 251 g/mol. The van der Waals surface area contributed by atoms with Gasteiger partial charge in [-0.3, -0.25) is 0 Å². The largest absolute Gasteiger partial charge is 0.342 e. The molecule has 0 aliphatic rings. The normalized spacial score (nSPS) is 11.0. The standard InChI is InChI=1S/C13H17N3.ClH/c1-13(2,14)8-12-15-9-11(16-12)10-6-4-3-5-7-10;/h3-7,9H,8,14H2,1-2H3,(H,15,16);1H. The van der Waals surface area contributed by atoms with Crippen LogP contribution in [0, 0.1) is 0 Å². The zero-order valence-electron chi connectivity index (χ0n) is 10.1. The maximum absolute atomic E-state index is 5.96. The van der Waals surface area contributed by atoms with Gasteiger partial charge in [0.1, 0.15) is 5.82 Å². The smallest absolute Gasteiger partial charge is 0.108 e. The van der Waals surface area contributed by atoms with E-state index in [0.29, 0.717) is 0 Å². The van der Waals surface area contributed by atoms with Gasteiger partial charge in [-0.25, -0.2) is 4.98 Å². The van der Waals surface area contributed by atoms with Crippen LogP contribution in [0.4, 0.5) is 0 Å². The highest BCUT2D eigenvalue weighted by Crippen LogP contribution is 2.17. The number of aromatic amines is 1. The Balaban J connectivity index is 0.00000144. The predicted molar refractivity (Wildman–Crippen MR) is 73.2 cm³/mol. The van der Waals surface area contributed by atoms with E-state index >= 15 is 0 Å². The van der Waals surface area contributed by atoms with Crippen LogP contribution in [0.1, 0.15) is 19.7 Å². The predicted octanol–water partition coefficient (Wildman–Crippen LogP) is 2.78. The fourth-order valence-electron chi connectivity index (χ4n) is 1.65. The number of hydrogen-bond donors (Lipinski definition) is 2. The number of nitrogens with two attached hydrogens (primary N) is 1. The Bertz CT molecular complexity index is 457. The molecule has 0 aliphatic carbocycles. The third-order valence-electron chi connectivity index (χ3n) is 2.34. The summed E-state index contributed by atoms with van der Waals surface area (Å²) < 4.78 is 0. The lowest BCUT2D eigenvalue weighted by atomic mass is 10.0. The van der Waals surface area contributed by atoms with Crippen molar-refractivity contribution in [2.75, 3.05) is 0 Å². The van der Waals surface area contributed by atoms with E-state index < -0.39 is 0 Å². The van der Waals surface area contributed by atoms with Gasteiger partial charge in [-0.2, -0.15) is 0 Å². The fourth-order valence-corrected chi connectivity index (χ4v) is 1.65. The molecule has 0 radical (unpaired) electrons. The second-order valence-corrected chi connectivity index (χ2v) is 4.77. The Kier molecular flexibility index (Phi) is 4.32. The van der Waals surface area contributed by atoms with Crippen molar-refractivity contribution in [3.8, 4) is 11.3 Å². The first kappa shape index (κ1) is 13.7. The number of aromatic nitrogens is 2. The van der Waals surface area contributed by atoms with E-state index in [1.165, 1.54) is 0 Å². The molecule has 0 saturated heterocycles. The number of imidazole rings is 1. The van der Waals surface area contributed by atoms with Crippen LogP contribution >= 0.6 is 12.4 Å². The number of nitrogens with one attached hydrogen (secondary N) is 1. The number of rotatable bonds is 3. The SMILES string of the molecule is CC(C)(N)Cc1ncc(-c2ccccc2)[nH]1.Cl. The van der Waals surface area contributed by atoms with Crippen LogP contribution in [0.5, 0.6) is 0 Å². The van der Waals surface area contributed by atoms with E-state index in [0.717, 1.165) is 23.5 Å². The topological polar surface area (TPSA) is 54.7 Å². The lowest BCUT2D eigenvalue weighted by molar-refractivity contribution is 0.505. The summed E-state index contributed by atoms with van der Waals surface area (Å²) in [5.74, 6) is 0.936. The number of H-pyrrole nitrogens is 1. The molecule has 3 N–H and O–H groups in total. The quantitative estimate of drug-likeness (QED) is 0.881. The summed E-state index contributed by atoms with van der Waals surface area (Å²) in [5.41, 5.74) is 7.92. The van der Waals surface area contributed by atoms with Crippen LogP contribution < -0.4 is 5.73 Å². The van der Waals surface area contributed by atoms with Crippen molar-refractivity contribution < 1.29 is 0 Å². The maximum Gasteiger partial charge on any atom is 0.108 e. The molecule has 3 nitrogen and oxygen atoms in total. The summed E-state index contributed by atoms with van der Waals surface area (Å²) in [6, 6.07) is 10.2. The van der Waals surface area contributed by atoms with E-state index in [1.54, 1.807) is 0 Å². The van der Waals surface area contributed by atoms with Gasteiger partial charge >= 0.3 is 0 Å². The zero-order valence-corrected chi connectivity index (χ0v) is 10.9. The van der Waals surface area contributed by atoms with Crippen molar-refractivity contribution in [2.45, 2.75) is 25.8 Å². The highest BCUT2D eigenvalue weighted by molar-refractivity contribution is 5.85. The lowest BCUT2D eigenvalue weighted by Gasteiger charge is -2.15. The molecule has 0 amide bonds. The van der Waals surface area contributed by atoms with Crippen molar-refractivity contribution in [1.82, 2.24) is 9.97 Å². The van der Waals surface area contributed by atoms with Crippen molar-refractivity contribution in [2.24, 2.45) is 5.73 Å². The molecule has 0 spiro atoms. The summed E-state index contributed by atoms with van der Waals surface area (Å²) in [6.45, 7) is 4.00. The van der Waals surface area contributed by atoms with Crippen LogP contribution in [0.2, 0.25) is 0 Å². The molecule has 1 heterocycles. The molecule has 17 heavy (non-hydrogen) atoms. The van der Waals surface area contributed by atoms with Gasteiger partial charge in [0.25, 0.3) is 0 Å². The molecule has 4 heteroatoms. The Morgan fingerprint density at radius 3 is 2.47 bits per heavy atom. The molecule has 0 saturated carbocycles. The minimum atomic E-state index is -0.230. The van der Waals surface area contributed by atoms with Gasteiger partial charge in [0.15, 0.2) is 0 Å². The van der Waals surface area contributed by atoms with E-state index in [-0.39, 0.29) is 17.9 Å². The van der Waals surface area contributed by atoms with Crippen LogP contribution in [0.25, 0.3) is 11.3 Å². The average Bonchev–Trinajstić information content (AvgIpc) is 2.65. The van der Waals surface area contributed by atoms with Crippen LogP contribution in [0.3, 0.4) is 0 Å². The molecular weight excluding hydrogens is 234 g/mol. The zero-order chi connectivity index (χ0) is 11.6. The van der Waals surface area contributed by atoms with E-state index in [9.17, 15) is 0 Å². The first-order chi connectivity index (χ1) is 7.54. The summed E-state index contributed by atoms with van der Waals surface area (Å²) in [4.78, 5) is 7.64. The van der Waals surface area contributed by atoms with Gasteiger partial charge in [0.2, 0.25) is 0 Å². The number of benzene rings is 1. The maximum atomic E-state index is 5.96. The van der Waals surface area contributed by atoms with Gasteiger partial charge in [-0.15, -0.1) is 12.4 Å². The molecule has 0 atom stereocenters. The van der Waals surface area contributed by atoms with Crippen molar-refractivity contribution >= 4 is 12.4 Å². The fraction of sp³-hybridized carbons (Fsp3) is 0.308. The van der Waals surface area contributed by atoms with Gasteiger partial charge in [0, 0.05) is 12.0 Å². The Hall–Kier alpha value is -1.32. The summed E-state index contributed by atoms with van der Waals surface area (Å²) in [5, 5.41) is 0.